The molecule has 2 N–H and O–H groups in total. The van der Waals surface area contributed by atoms with Gasteiger partial charge in [-0.05, 0) is 12.0 Å². The van der Waals surface area contributed by atoms with E-state index in [0.29, 0.717) is 28.7 Å². The zero-order valence-corrected chi connectivity index (χ0v) is 12.8. The standard InChI is InChI=1S/C16H15N5S/c1-2-9-21-11-18-13-14(17)19-16(20-15(13)21)22-10-8-12-6-4-3-5-7-12/h1,3-7,11H,8-10H2,(H2,17,19,20). The van der Waals surface area contributed by atoms with Gasteiger partial charge in [0.15, 0.2) is 16.6 Å². The molecule has 2 heterocycles. The number of thioether (sulfide) groups is 1. The van der Waals surface area contributed by atoms with Crippen LogP contribution in [0.1, 0.15) is 5.56 Å². The third kappa shape index (κ3) is 3.05. The molecule has 0 radical (unpaired) electrons. The highest BCUT2D eigenvalue weighted by Crippen LogP contribution is 2.22. The number of nitrogens with zero attached hydrogens (tertiary/aromatic N) is 4. The van der Waals surface area contributed by atoms with Crippen molar-refractivity contribution in [2.24, 2.45) is 0 Å². The molecule has 0 fully saturated rings. The zero-order chi connectivity index (χ0) is 15.4. The van der Waals surface area contributed by atoms with Crippen LogP contribution in [0.2, 0.25) is 0 Å². The Morgan fingerprint density at radius 2 is 2.05 bits per heavy atom. The Morgan fingerprint density at radius 1 is 1.23 bits per heavy atom. The molecule has 3 aromatic rings. The van der Waals surface area contributed by atoms with Crippen LogP contribution in [-0.2, 0) is 13.0 Å². The number of rotatable bonds is 5. The number of fused-ring (bicyclic) bond motifs is 1. The normalized spacial score (nSPS) is 10.7. The molecule has 0 aliphatic heterocycles. The lowest BCUT2D eigenvalue weighted by Crippen LogP contribution is -2.01. The first-order valence-corrected chi connectivity index (χ1v) is 7.85. The summed E-state index contributed by atoms with van der Waals surface area (Å²) in [6, 6.07) is 10.3. The van der Waals surface area contributed by atoms with E-state index in [-0.39, 0.29) is 0 Å². The summed E-state index contributed by atoms with van der Waals surface area (Å²) < 4.78 is 1.80. The van der Waals surface area contributed by atoms with Crippen LogP contribution < -0.4 is 5.73 Å². The summed E-state index contributed by atoms with van der Waals surface area (Å²) in [4.78, 5) is 13.0. The lowest BCUT2D eigenvalue weighted by Gasteiger charge is -2.04. The second-order valence-corrected chi connectivity index (χ2v) is 5.79. The van der Waals surface area contributed by atoms with Crippen LogP contribution in [0.5, 0.6) is 0 Å². The molecule has 0 aliphatic rings. The van der Waals surface area contributed by atoms with E-state index in [1.54, 1.807) is 22.7 Å². The molecule has 0 aliphatic carbocycles. The molecule has 0 saturated carbocycles. The van der Waals surface area contributed by atoms with E-state index in [2.05, 4.69) is 33.0 Å². The van der Waals surface area contributed by atoms with Crippen molar-refractivity contribution >= 4 is 28.7 Å². The predicted molar refractivity (Wildman–Crippen MR) is 89.4 cm³/mol. The van der Waals surface area contributed by atoms with Crippen LogP contribution in [0.25, 0.3) is 11.2 Å². The van der Waals surface area contributed by atoms with Crippen LogP contribution in [0.3, 0.4) is 0 Å². The van der Waals surface area contributed by atoms with Crippen molar-refractivity contribution in [3.63, 3.8) is 0 Å². The molecule has 2 aromatic heterocycles. The SMILES string of the molecule is C#CCn1cnc2c(N)nc(SCCc3ccccc3)nc21. The average molecular weight is 309 g/mol. The summed E-state index contributed by atoms with van der Waals surface area (Å²) in [7, 11) is 0. The zero-order valence-electron chi connectivity index (χ0n) is 11.9. The molecule has 1 aromatic carbocycles. The fourth-order valence-corrected chi connectivity index (χ4v) is 2.96. The lowest BCUT2D eigenvalue weighted by atomic mass is 10.2. The van der Waals surface area contributed by atoms with Gasteiger partial charge >= 0.3 is 0 Å². The average Bonchev–Trinajstić information content (AvgIpc) is 2.93. The number of terminal acetylenes is 1. The van der Waals surface area contributed by atoms with E-state index in [0.717, 1.165) is 12.2 Å². The van der Waals surface area contributed by atoms with Gasteiger partial charge in [-0.2, -0.15) is 0 Å². The lowest BCUT2D eigenvalue weighted by molar-refractivity contribution is 0.843. The highest BCUT2D eigenvalue weighted by atomic mass is 32.2. The summed E-state index contributed by atoms with van der Waals surface area (Å²) in [6.07, 6.45) is 7.95. The highest BCUT2D eigenvalue weighted by Gasteiger charge is 2.11. The van der Waals surface area contributed by atoms with Crippen molar-refractivity contribution in [2.75, 3.05) is 11.5 Å². The molecular formula is C16H15N5S. The topological polar surface area (TPSA) is 69.6 Å². The van der Waals surface area contributed by atoms with Crippen molar-refractivity contribution in [3.8, 4) is 12.3 Å². The van der Waals surface area contributed by atoms with E-state index in [1.165, 1.54) is 5.56 Å². The summed E-state index contributed by atoms with van der Waals surface area (Å²) >= 11 is 1.58. The van der Waals surface area contributed by atoms with Gasteiger partial charge in [0, 0.05) is 5.75 Å². The summed E-state index contributed by atoms with van der Waals surface area (Å²) in [5, 5.41) is 0.653. The monoisotopic (exact) mass is 309 g/mol. The maximum absolute atomic E-state index is 5.96. The second-order valence-electron chi connectivity index (χ2n) is 4.72. The van der Waals surface area contributed by atoms with E-state index in [1.807, 2.05) is 18.2 Å². The third-order valence-electron chi connectivity index (χ3n) is 3.20. The van der Waals surface area contributed by atoms with E-state index in [9.17, 15) is 0 Å². The van der Waals surface area contributed by atoms with E-state index in [4.69, 9.17) is 12.2 Å². The van der Waals surface area contributed by atoms with Gasteiger partial charge in [-0.15, -0.1) is 6.42 Å². The molecule has 6 heteroatoms. The Labute approximate surface area is 133 Å². The molecule has 0 atom stereocenters. The number of benzene rings is 1. The number of aryl methyl sites for hydroxylation is 1. The minimum Gasteiger partial charge on any atom is -0.382 e. The first-order chi connectivity index (χ1) is 10.8. The number of nitrogen functional groups attached to an aromatic ring is 1. The first-order valence-electron chi connectivity index (χ1n) is 6.86. The molecule has 22 heavy (non-hydrogen) atoms. The molecule has 0 amide bonds. The largest absolute Gasteiger partial charge is 0.382 e. The first kappa shape index (κ1) is 14.4. The summed E-state index contributed by atoms with van der Waals surface area (Å²) in [5.41, 5.74) is 8.54. The van der Waals surface area contributed by atoms with Gasteiger partial charge in [-0.25, -0.2) is 15.0 Å². The van der Waals surface area contributed by atoms with Gasteiger partial charge in [-0.1, -0.05) is 48.0 Å². The van der Waals surface area contributed by atoms with E-state index < -0.39 is 0 Å². The van der Waals surface area contributed by atoms with Crippen LogP contribution >= 0.6 is 11.8 Å². The summed E-state index contributed by atoms with van der Waals surface area (Å²) in [6.45, 7) is 0.418. The molecule has 5 nitrogen and oxygen atoms in total. The maximum Gasteiger partial charge on any atom is 0.191 e. The smallest absolute Gasteiger partial charge is 0.191 e. The molecule has 0 saturated heterocycles. The van der Waals surface area contributed by atoms with Crippen molar-refractivity contribution in [1.82, 2.24) is 19.5 Å². The fourth-order valence-electron chi connectivity index (χ4n) is 2.13. The Bertz CT molecular complexity index is 820. The highest BCUT2D eigenvalue weighted by molar-refractivity contribution is 7.99. The van der Waals surface area contributed by atoms with Gasteiger partial charge in [0.1, 0.15) is 5.52 Å². The predicted octanol–water partition coefficient (Wildman–Crippen LogP) is 2.38. The Balaban J connectivity index is 1.76. The maximum atomic E-state index is 5.96. The van der Waals surface area contributed by atoms with Crippen molar-refractivity contribution in [2.45, 2.75) is 18.1 Å². The van der Waals surface area contributed by atoms with Crippen molar-refractivity contribution in [3.05, 3.63) is 42.2 Å². The van der Waals surface area contributed by atoms with Crippen LogP contribution in [0.4, 0.5) is 5.82 Å². The number of hydrogen-bond acceptors (Lipinski definition) is 5. The molecule has 0 unspecified atom stereocenters. The fraction of sp³-hybridized carbons (Fsp3) is 0.188. The number of hydrogen-bond donors (Lipinski definition) is 1. The number of aromatic nitrogens is 4. The van der Waals surface area contributed by atoms with Gasteiger partial charge in [0.25, 0.3) is 0 Å². The quantitative estimate of drug-likeness (QED) is 0.445. The number of anilines is 1. The van der Waals surface area contributed by atoms with Crippen LogP contribution in [-0.4, -0.2) is 25.3 Å². The minimum atomic E-state index is 0.392. The van der Waals surface area contributed by atoms with E-state index >= 15 is 0 Å². The van der Waals surface area contributed by atoms with Crippen molar-refractivity contribution in [1.29, 1.82) is 0 Å². The molecular weight excluding hydrogens is 294 g/mol. The van der Waals surface area contributed by atoms with Gasteiger partial charge < -0.3 is 10.3 Å². The minimum absolute atomic E-state index is 0.392. The third-order valence-corrected chi connectivity index (χ3v) is 4.05. The van der Waals surface area contributed by atoms with Gasteiger partial charge in [0.05, 0.1) is 12.9 Å². The Morgan fingerprint density at radius 3 is 2.82 bits per heavy atom. The Kier molecular flexibility index (Phi) is 4.26. The molecule has 110 valence electrons. The molecule has 0 bridgehead atoms. The molecule has 0 spiro atoms. The van der Waals surface area contributed by atoms with Crippen LogP contribution in [0.15, 0.2) is 41.8 Å². The molecule has 3 rings (SSSR count). The Hall–Kier alpha value is -2.52. The summed E-state index contributed by atoms with van der Waals surface area (Å²) in [5.74, 6) is 3.86. The van der Waals surface area contributed by atoms with Gasteiger partial charge in [-0.3, -0.25) is 0 Å². The van der Waals surface area contributed by atoms with Crippen molar-refractivity contribution < 1.29 is 0 Å². The van der Waals surface area contributed by atoms with Gasteiger partial charge in [0.2, 0.25) is 0 Å². The number of nitrogens with two attached hydrogens (primary N) is 1. The van der Waals surface area contributed by atoms with Crippen LogP contribution in [0, 0.1) is 12.3 Å². The number of imidazole rings is 1. The second kappa shape index (κ2) is 6.50.